The highest BCUT2D eigenvalue weighted by Gasteiger charge is 2.13. The molecular formula is C3H4BNO4. The van der Waals surface area contributed by atoms with Crippen LogP contribution in [0.25, 0.3) is 0 Å². The van der Waals surface area contributed by atoms with Gasteiger partial charge in [-0.2, -0.15) is 4.98 Å². The summed E-state index contributed by atoms with van der Waals surface area (Å²) in [5.41, 5.74) is 0. The Morgan fingerprint density at radius 1 is 1.67 bits per heavy atom. The summed E-state index contributed by atoms with van der Waals surface area (Å²) in [7, 11) is -1.87. The van der Waals surface area contributed by atoms with Gasteiger partial charge in [-0.1, -0.05) is 0 Å². The maximum Gasteiger partial charge on any atom is 0.710 e. The van der Waals surface area contributed by atoms with Crippen molar-refractivity contribution in [2.75, 3.05) is 0 Å². The lowest BCUT2D eigenvalue weighted by atomic mass is 10.3. The van der Waals surface area contributed by atoms with Crippen molar-refractivity contribution in [3.63, 3.8) is 0 Å². The van der Waals surface area contributed by atoms with Gasteiger partial charge in [-0.05, 0) is 0 Å². The van der Waals surface area contributed by atoms with Crippen LogP contribution < -0.4 is 4.65 Å². The average molecular weight is 129 g/mol. The van der Waals surface area contributed by atoms with Crippen molar-refractivity contribution in [2.24, 2.45) is 0 Å². The Bertz CT molecular complexity index is 162. The van der Waals surface area contributed by atoms with E-state index in [4.69, 9.17) is 10.0 Å². The van der Waals surface area contributed by atoms with Crippen molar-refractivity contribution >= 4 is 7.32 Å². The summed E-state index contributed by atoms with van der Waals surface area (Å²) in [6, 6.07) is 0. The van der Waals surface area contributed by atoms with Crippen LogP contribution in [0.1, 0.15) is 0 Å². The highest BCUT2D eigenvalue weighted by molar-refractivity contribution is 6.33. The van der Waals surface area contributed by atoms with E-state index in [1.54, 1.807) is 0 Å². The van der Waals surface area contributed by atoms with Gasteiger partial charge in [-0.25, -0.2) is 0 Å². The van der Waals surface area contributed by atoms with Gasteiger partial charge >= 0.3 is 13.4 Å². The quantitative estimate of drug-likeness (QED) is 0.502. The normalized spacial score (nSPS) is 9.11. The van der Waals surface area contributed by atoms with E-state index in [1.807, 2.05) is 0 Å². The van der Waals surface area contributed by atoms with Crippen molar-refractivity contribution in [3.8, 4) is 6.08 Å². The van der Waals surface area contributed by atoms with Gasteiger partial charge in [0.25, 0.3) is 0 Å². The SMILES string of the molecule is OB(O)Oc1ncco1. The molecule has 0 amide bonds. The monoisotopic (exact) mass is 129 g/mol. The van der Waals surface area contributed by atoms with Crippen LogP contribution in [0.2, 0.25) is 0 Å². The number of hydrogen-bond acceptors (Lipinski definition) is 5. The number of rotatable bonds is 2. The third kappa shape index (κ3) is 1.75. The highest BCUT2D eigenvalue weighted by atomic mass is 16.7. The predicted octanol–water partition coefficient (Wildman–Crippen LogP) is -0.977. The van der Waals surface area contributed by atoms with E-state index in [-0.39, 0.29) is 6.08 Å². The van der Waals surface area contributed by atoms with Gasteiger partial charge in [0, 0.05) is 0 Å². The Kier molecular flexibility index (Phi) is 1.71. The van der Waals surface area contributed by atoms with Crippen LogP contribution in [0.15, 0.2) is 16.9 Å². The second kappa shape index (κ2) is 2.52. The van der Waals surface area contributed by atoms with Gasteiger partial charge in [0.05, 0.1) is 6.20 Å². The number of oxazole rings is 1. The standard InChI is InChI=1S/C3H4BNO4/c6-4(7)9-3-5-1-2-8-3/h1-2,6-7H. The lowest BCUT2D eigenvalue weighted by Gasteiger charge is -1.94. The summed E-state index contributed by atoms with van der Waals surface area (Å²) < 4.78 is 8.68. The van der Waals surface area contributed by atoms with Crippen molar-refractivity contribution in [3.05, 3.63) is 12.5 Å². The first-order valence-corrected chi connectivity index (χ1v) is 2.21. The van der Waals surface area contributed by atoms with Gasteiger partial charge in [0.15, 0.2) is 0 Å². The molecule has 0 saturated carbocycles. The topological polar surface area (TPSA) is 75.7 Å². The molecule has 0 aliphatic heterocycles. The second-order valence-corrected chi connectivity index (χ2v) is 1.24. The largest absolute Gasteiger partial charge is 0.710 e. The molecule has 0 aromatic carbocycles. The van der Waals surface area contributed by atoms with Crippen molar-refractivity contribution in [2.45, 2.75) is 0 Å². The van der Waals surface area contributed by atoms with Gasteiger partial charge in [0.2, 0.25) is 0 Å². The van der Waals surface area contributed by atoms with Crippen LogP contribution >= 0.6 is 0 Å². The zero-order valence-electron chi connectivity index (χ0n) is 4.39. The first-order chi connectivity index (χ1) is 4.29. The zero-order chi connectivity index (χ0) is 6.69. The molecule has 48 valence electrons. The Labute approximate surface area is 51.1 Å². The fourth-order valence-corrected chi connectivity index (χ4v) is 0.359. The Hall–Kier alpha value is -1.01. The number of aromatic nitrogens is 1. The third-order valence-electron chi connectivity index (χ3n) is 0.616. The molecule has 9 heavy (non-hydrogen) atoms. The Morgan fingerprint density at radius 2 is 2.44 bits per heavy atom. The summed E-state index contributed by atoms with van der Waals surface area (Å²) in [4.78, 5) is 3.45. The van der Waals surface area contributed by atoms with Crippen LogP contribution in [0.5, 0.6) is 6.08 Å². The molecule has 1 aromatic heterocycles. The maximum absolute atomic E-state index is 8.16. The van der Waals surface area contributed by atoms with Crippen molar-refractivity contribution in [1.82, 2.24) is 4.98 Å². The van der Waals surface area contributed by atoms with Gasteiger partial charge < -0.3 is 19.1 Å². The lowest BCUT2D eigenvalue weighted by Crippen LogP contribution is -2.20. The molecule has 0 saturated heterocycles. The smallest absolute Gasteiger partial charge is 0.469 e. The molecule has 0 aliphatic carbocycles. The first kappa shape index (κ1) is 6.12. The molecule has 0 aliphatic rings. The molecule has 6 heteroatoms. The molecule has 1 aromatic rings. The molecule has 1 heterocycles. The van der Waals surface area contributed by atoms with Crippen LogP contribution in [-0.2, 0) is 0 Å². The summed E-state index contributed by atoms with van der Waals surface area (Å²) in [6.45, 7) is 0. The summed E-state index contributed by atoms with van der Waals surface area (Å²) in [6.07, 6.45) is 2.43. The van der Waals surface area contributed by atoms with E-state index >= 15 is 0 Å². The van der Waals surface area contributed by atoms with Crippen LogP contribution in [-0.4, -0.2) is 22.4 Å². The molecule has 0 fully saturated rings. The van der Waals surface area contributed by atoms with Crippen molar-refractivity contribution < 1.29 is 19.1 Å². The highest BCUT2D eigenvalue weighted by Crippen LogP contribution is 2.03. The molecule has 0 spiro atoms. The van der Waals surface area contributed by atoms with Crippen LogP contribution in [0, 0.1) is 0 Å². The Morgan fingerprint density at radius 3 is 2.89 bits per heavy atom. The van der Waals surface area contributed by atoms with E-state index in [0.29, 0.717) is 0 Å². The molecule has 0 bridgehead atoms. The molecule has 1 rings (SSSR count). The number of nitrogens with zero attached hydrogens (tertiary/aromatic N) is 1. The van der Waals surface area contributed by atoms with E-state index in [9.17, 15) is 0 Å². The minimum absolute atomic E-state index is 0.162. The van der Waals surface area contributed by atoms with Gasteiger partial charge in [0.1, 0.15) is 6.26 Å². The first-order valence-electron chi connectivity index (χ1n) is 2.21. The van der Waals surface area contributed by atoms with E-state index in [2.05, 4.69) is 14.1 Å². The lowest BCUT2D eigenvalue weighted by molar-refractivity contribution is 0.245. The maximum atomic E-state index is 8.16. The molecule has 0 unspecified atom stereocenters. The number of hydrogen-bond donors (Lipinski definition) is 2. The van der Waals surface area contributed by atoms with E-state index in [1.165, 1.54) is 12.5 Å². The zero-order valence-corrected chi connectivity index (χ0v) is 4.39. The second-order valence-electron chi connectivity index (χ2n) is 1.24. The van der Waals surface area contributed by atoms with Gasteiger partial charge in [-0.15, -0.1) is 0 Å². The van der Waals surface area contributed by atoms with E-state index < -0.39 is 7.32 Å². The third-order valence-corrected chi connectivity index (χ3v) is 0.616. The minimum Gasteiger partial charge on any atom is -0.469 e. The minimum atomic E-state index is -1.87. The average Bonchev–Trinajstić information content (AvgIpc) is 2.15. The van der Waals surface area contributed by atoms with Crippen LogP contribution in [0.3, 0.4) is 0 Å². The summed E-state index contributed by atoms with van der Waals surface area (Å²) in [5.74, 6) is 0. The van der Waals surface area contributed by atoms with Crippen LogP contribution in [0.4, 0.5) is 0 Å². The fourth-order valence-electron chi connectivity index (χ4n) is 0.359. The predicted molar refractivity (Wildman–Crippen MR) is 27.3 cm³/mol. The van der Waals surface area contributed by atoms with E-state index in [0.717, 1.165) is 0 Å². The molecule has 0 atom stereocenters. The Balaban J connectivity index is 2.48. The molecule has 0 radical (unpaired) electrons. The van der Waals surface area contributed by atoms with Gasteiger partial charge in [-0.3, -0.25) is 0 Å². The summed E-state index contributed by atoms with van der Waals surface area (Å²) >= 11 is 0. The molecule has 2 N–H and O–H groups in total. The molecular weight excluding hydrogens is 125 g/mol. The molecule has 5 nitrogen and oxygen atoms in total. The summed E-state index contributed by atoms with van der Waals surface area (Å²) in [5, 5.41) is 16.3. The fraction of sp³-hybridized carbons (Fsp3) is 0. The van der Waals surface area contributed by atoms with Crippen molar-refractivity contribution in [1.29, 1.82) is 0 Å².